The number of non-ortho nitro benzene ring substituents is 1. The summed E-state index contributed by atoms with van der Waals surface area (Å²) in [5, 5.41) is 26.2. The molecule has 0 amide bonds. The molecular formula is C18H16ClN5O4. The number of nitrogens with two attached hydrogens (primary N) is 1. The molecule has 0 unspecified atom stereocenters. The molecule has 0 atom stereocenters. The number of rotatable bonds is 5. The maximum atomic E-state index is 11.1. The van der Waals surface area contributed by atoms with E-state index >= 15 is 0 Å². The van der Waals surface area contributed by atoms with Gasteiger partial charge in [0.05, 0.1) is 16.2 Å². The van der Waals surface area contributed by atoms with Crippen LogP contribution in [0, 0.1) is 10.1 Å². The number of hydrogen-bond donors (Lipinski definition) is 3. The molecule has 0 fully saturated rings. The van der Waals surface area contributed by atoms with E-state index in [-0.39, 0.29) is 30.6 Å². The van der Waals surface area contributed by atoms with Crippen LogP contribution >= 0.6 is 12.4 Å². The Bertz CT molecular complexity index is 1120. The Balaban J connectivity index is 0.00000225. The summed E-state index contributed by atoms with van der Waals surface area (Å²) >= 11 is 0. The van der Waals surface area contributed by atoms with Gasteiger partial charge in [-0.1, -0.05) is 23.4 Å². The van der Waals surface area contributed by atoms with Gasteiger partial charge in [-0.15, -0.1) is 12.4 Å². The van der Waals surface area contributed by atoms with Gasteiger partial charge in [0.2, 0.25) is 0 Å². The Kier molecular flexibility index (Phi) is 5.30. The summed E-state index contributed by atoms with van der Waals surface area (Å²) in [7, 11) is 0. The number of nitrogens with one attached hydrogen (secondary N) is 1. The average Bonchev–Trinajstić information content (AvgIpc) is 3.17. The fourth-order valence-electron chi connectivity index (χ4n) is 3.02. The number of nitro benzene ring substituents is 1. The number of fused-ring (bicyclic) bond motifs is 2. The third kappa shape index (κ3) is 3.17. The number of aromatic hydroxyl groups is 1. The van der Waals surface area contributed by atoms with Gasteiger partial charge in [-0.2, -0.15) is 0 Å². The first-order chi connectivity index (χ1) is 13.1. The van der Waals surface area contributed by atoms with E-state index in [1.54, 1.807) is 6.07 Å². The lowest BCUT2D eigenvalue weighted by molar-refractivity contribution is -0.384. The molecule has 0 bridgehead atoms. The van der Waals surface area contributed by atoms with Crippen LogP contribution < -0.4 is 5.73 Å². The largest absolute Gasteiger partial charge is 0.494 e. The highest BCUT2D eigenvalue weighted by Gasteiger charge is 2.29. The Morgan fingerprint density at radius 2 is 2.07 bits per heavy atom. The van der Waals surface area contributed by atoms with Gasteiger partial charge in [-0.25, -0.2) is 4.99 Å². The van der Waals surface area contributed by atoms with Gasteiger partial charge in [-0.05, 0) is 12.1 Å². The topological polar surface area (TPSA) is 139 Å². The van der Waals surface area contributed by atoms with Crippen LogP contribution in [0.3, 0.4) is 0 Å². The van der Waals surface area contributed by atoms with Crippen molar-refractivity contribution in [1.82, 2.24) is 4.98 Å². The molecule has 4 N–H and O–H groups in total. The molecule has 0 aliphatic carbocycles. The number of H-pyrrole nitrogens is 1. The number of hydrogen-bond acceptors (Lipinski definition) is 7. The lowest BCUT2D eigenvalue weighted by atomic mass is 10.0. The van der Waals surface area contributed by atoms with Crippen molar-refractivity contribution in [3.63, 3.8) is 0 Å². The highest BCUT2D eigenvalue weighted by molar-refractivity contribution is 6.58. The second-order valence-electron chi connectivity index (χ2n) is 5.87. The van der Waals surface area contributed by atoms with Crippen molar-refractivity contribution >= 4 is 46.1 Å². The molecule has 2 heterocycles. The molecule has 1 aliphatic rings. The van der Waals surface area contributed by atoms with Crippen molar-refractivity contribution in [2.45, 2.75) is 0 Å². The Morgan fingerprint density at radius 1 is 1.29 bits per heavy atom. The number of benzene rings is 2. The van der Waals surface area contributed by atoms with Crippen LogP contribution in [0.4, 0.5) is 11.4 Å². The van der Waals surface area contributed by atoms with Crippen molar-refractivity contribution in [2.24, 2.45) is 15.9 Å². The highest BCUT2D eigenvalue weighted by Crippen LogP contribution is 2.36. The zero-order valence-corrected chi connectivity index (χ0v) is 15.3. The van der Waals surface area contributed by atoms with Crippen LogP contribution in [0.5, 0.6) is 5.88 Å². The van der Waals surface area contributed by atoms with Gasteiger partial charge in [0, 0.05) is 35.1 Å². The minimum Gasteiger partial charge on any atom is -0.494 e. The standard InChI is InChI=1S/C18H15N5O4.ClH/c19-7-8-27-22-16-11-3-1-2-4-13(11)20-17(16)15-12-9-10(23(25)26)5-6-14(12)21-18(15)24;/h1-6,9,21,24H,7-8,19H2;1H/b22-16+;. The van der Waals surface area contributed by atoms with Gasteiger partial charge >= 0.3 is 0 Å². The van der Waals surface area contributed by atoms with Crippen molar-refractivity contribution in [3.05, 3.63) is 63.7 Å². The van der Waals surface area contributed by atoms with E-state index in [2.05, 4.69) is 15.1 Å². The number of aliphatic imine (C=N–C) groups is 1. The summed E-state index contributed by atoms with van der Waals surface area (Å²) in [6.45, 7) is 0.527. The number of aromatic nitrogens is 1. The summed E-state index contributed by atoms with van der Waals surface area (Å²) in [6.07, 6.45) is 0. The molecule has 1 aliphatic heterocycles. The van der Waals surface area contributed by atoms with E-state index in [1.165, 1.54) is 12.1 Å². The smallest absolute Gasteiger partial charge is 0.270 e. The summed E-state index contributed by atoms with van der Waals surface area (Å²) in [4.78, 5) is 23.3. The molecule has 0 radical (unpaired) electrons. The fraction of sp³-hybridized carbons (Fsp3) is 0.111. The second kappa shape index (κ2) is 7.67. The maximum absolute atomic E-state index is 11.1. The molecule has 28 heavy (non-hydrogen) atoms. The molecule has 0 spiro atoms. The van der Waals surface area contributed by atoms with Gasteiger partial charge in [-0.3, -0.25) is 10.1 Å². The molecule has 144 valence electrons. The normalized spacial score (nSPS) is 13.9. The number of para-hydroxylation sites is 1. The van der Waals surface area contributed by atoms with Crippen molar-refractivity contribution in [1.29, 1.82) is 0 Å². The van der Waals surface area contributed by atoms with E-state index < -0.39 is 4.92 Å². The third-order valence-corrected chi connectivity index (χ3v) is 4.19. The fourth-order valence-corrected chi connectivity index (χ4v) is 3.02. The maximum Gasteiger partial charge on any atom is 0.270 e. The molecule has 4 rings (SSSR count). The summed E-state index contributed by atoms with van der Waals surface area (Å²) in [6, 6.07) is 11.6. The summed E-state index contributed by atoms with van der Waals surface area (Å²) in [5.74, 6) is -0.149. The van der Waals surface area contributed by atoms with E-state index in [0.717, 1.165) is 5.56 Å². The van der Waals surface area contributed by atoms with E-state index in [4.69, 9.17) is 10.6 Å². The first-order valence-corrected chi connectivity index (χ1v) is 8.18. The quantitative estimate of drug-likeness (QED) is 0.342. The SMILES string of the molecule is Cl.NCCO/N=C1/C(c2c(O)[nH]c3ccc([N+](=O)[O-])cc23)=Nc2ccccc21. The lowest BCUT2D eigenvalue weighted by Gasteiger charge is -2.04. The average molecular weight is 402 g/mol. The third-order valence-electron chi connectivity index (χ3n) is 4.19. The molecule has 1 aromatic heterocycles. The molecule has 0 saturated carbocycles. The summed E-state index contributed by atoms with van der Waals surface area (Å²) in [5.41, 5.74) is 8.46. The second-order valence-corrected chi connectivity index (χ2v) is 5.87. The van der Waals surface area contributed by atoms with Gasteiger partial charge < -0.3 is 20.7 Å². The van der Waals surface area contributed by atoms with Crippen LogP contribution in [-0.4, -0.2) is 39.6 Å². The Morgan fingerprint density at radius 3 is 2.82 bits per heavy atom. The minimum atomic E-state index is -0.488. The monoisotopic (exact) mass is 401 g/mol. The van der Waals surface area contributed by atoms with Crippen LogP contribution in [0.1, 0.15) is 11.1 Å². The first-order valence-electron chi connectivity index (χ1n) is 8.18. The molecule has 0 saturated heterocycles. The van der Waals surface area contributed by atoms with Crippen molar-refractivity contribution in [3.8, 4) is 5.88 Å². The number of nitrogens with zero attached hydrogens (tertiary/aromatic N) is 3. The van der Waals surface area contributed by atoms with Gasteiger partial charge in [0.1, 0.15) is 18.0 Å². The number of oxime groups is 1. The molecular weight excluding hydrogens is 386 g/mol. The predicted molar refractivity (Wildman–Crippen MR) is 108 cm³/mol. The van der Waals surface area contributed by atoms with Gasteiger partial charge in [0.15, 0.2) is 5.88 Å². The predicted octanol–water partition coefficient (Wildman–Crippen LogP) is 3.02. The number of aromatic amines is 1. The van der Waals surface area contributed by atoms with Crippen LogP contribution in [0.2, 0.25) is 0 Å². The Labute approximate surface area is 165 Å². The van der Waals surface area contributed by atoms with Gasteiger partial charge in [0.25, 0.3) is 5.69 Å². The summed E-state index contributed by atoms with van der Waals surface area (Å²) < 4.78 is 0. The van der Waals surface area contributed by atoms with Crippen molar-refractivity contribution < 1.29 is 14.9 Å². The van der Waals surface area contributed by atoms with E-state index in [9.17, 15) is 15.2 Å². The van der Waals surface area contributed by atoms with Crippen LogP contribution in [0.25, 0.3) is 10.9 Å². The zero-order valence-electron chi connectivity index (χ0n) is 14.5. The lowest BCUT2D eigenvalue weighted by Crippen LogP contribution is -2.15. The molecule has 9 nitrogen and oxygen atoms in total. The highest BCUT2D eigenvalue weighted by atomic mass is 35.5. The van der Waals surface area contributed by atoms with Crippen molar-refractivity contribution in [2.75, 3.05) is 13.2 Å². The Hall–Kier alpha value is -3.43. The van der Waals surface area contributed by atoms with Crippen LogP contribution in [0.15, 0.2) is 52.6 Å². The minimum absolute atomic E-state index is 0. The van der Waals surface area contributed by atoms with Crippen LogP contribution in [-0.2, 0) is 4.84 Å². The molecule has 10 heteroatoms. The van der Waals surface area contributed by atoms with E-state index in [0.29, 0.717) is 40.1 Å². The first kappa shape index (κ1) is 19.3. The number of halogens is 1. The molecule has 3 aromatic rings. The zero-order chi connectivity index (χ0) is 19.0. The molecule has 2 aromatic carbocycles. The number of nitro groups is 1. The van der Waals surface area contributed by atoms with E-state index in [1.807, 2.05) is 24.3 Å².